The predicted molar refractivity (Wildman–Crippen MR) is 168 cm³/mol. The van der Waals surface area contributed by atoms with Crippen LogP contribution in [0.4, 0.5) is 16.2 Å². The molecule has 4 rings (SSSR count). The number of carbonyl (C=O) groups is 2. The van der Waals surface area contributed by atoms with Crippen LogP contribution in [0.1, 0.15) is 50.3 Å². The number of nitrogens with zero attached hydrogens (tertiary/aromatic N) is 2. The Hall–Kier alpha value is -3.86. The summed E-state index contributed by atoms with van der Waals surface area (Å²) >= 11 is 12.4. The SMILES string of the molecule is COC(=O)C(c1ccc(Cl)cc1)(c1ccc(Cl)cc1)c1ccc([N+](=O)[O-])c(NCC2(O)CCN(C(=O)OC(C)(C)C)CC2)c1. The average Bonchev–Trinajstić information content (AvgIpc) is 2.97. The van der Waals surface area contributed by atoms with Crippen LogP contribution < -0.4 is 5.32 Å². The van der Waals surface area contributed by atoms with Crippen molar-refractivity contribution in [2.75, 3.05) is 32.1 Å². The summed E-state index contributed by atoms with van der Waals surface area (Å²) in [6, 6.07) is 17.7. The average molecular weight is 645 g/mol. The summed E-state index contributed by atoms with van der Waals surface area (Å²) in [7, 11) is 1.27. The van der Waals surface area contributed by atoms with Crippen LogP contribution in [0, 0.1) is 10.1 Å². The van der Waals surface area contributed by atoms with E-state index in [2.05, 4.69) is 5.32 Å². The van der Waals surface area contributed by atoms with Crippen molar-refractivity contribution in [3.8, 4) is 0 Å². The van der Waals surface area contributed by atoms with Gasteiger partial charge in [-0.15, -0.1) is 0 Å². The molecule has 0 spiro atoms. The fraction of sp³-hybridized carbons (Fsp3) is 0.375. The molecule has 0 aromatic heterocycles. The van der Waals surface area contributed by atoms with Crippen molar-refractivity contribution in [3.63, 3.8) is 0 Å². The van der Waals surface area contributed by atoms with Gasteiger partial charge in [0.15, 0.2) is 0 Å². The molecule has 0 atom stereocenters. The minimum Gasteiger partial charge on any atom is -0.468 e. The summed E-state index contributed by atoms with van der Waals surface area (Å²) in [6.45, 7) is 5.83. The molecule has 1 fully saturated rings. The lowest BCUT2D eigenvalue weighted by atomic mass is 9.69. The van der Waals surface area contributed by atoms with E-state index in [-0.39, 0.29) is 43.9 Å². The number of anilines is 1. The van der Waals surface area contributed by atoms with Crippen molar-refractivity contribution in [3.05, 3.63) is 104 Å². The molecule has 0 bridgehead atoms. The molecule has 12 heteroatoms. The van der Waals surface area contributed by atoms with Crippen LogP contribution in [-0.4, -0.2) is 64.9 Å². The van der Waals surface area contributed by atoms with Gasteiger partial charge in [-0.25, -0.2) is 4.79 Å². The molecule has 0 unspecified atom stereocenters. The minimum atomic E-state index is -1.55. The normalized spacial score (nSPS) is 14.9. The molecule has 1 aliphatic rings. The Bertz CT molecular complexity index is 1470. The number of amides is 1. The molecule has 1 heterocycles. The number of ether oxygens (including phenoxy) is 2. The molecule has 44 heavy (non-hydrogen) atoms. The van der Waals surface area contributed by atoms with E-state index in [9.17, 15) is 24.8 Å². The van der Waals surface area contributed by atoms with E-state index in [1.807, 2.05) is 0 Å². The van der Waals surface area contributed by atoms with Crippen molar-refractivity contribution >= 4 is 46.6 Å². The molecule has 10 nitrogen and oxygen atoms in total. The highest BCUT2D eigenvalue weighted by atomic mass is 35.5. The number of aliphatic hydroxyl groups is 1. The summed E-state index contributed by atoms with van der Waals surface area (Å²) < 4.78 is 10.8. The van der Waals surface area contributed by atoms with Gasteiger partial charge in [0.05, 0.1) is 17.6 Å². The van der Waals surface area contributed by atoms with E-state index >= 15 is 0 Å². The third kappa shape index (κ3) is 7.09. The molecule has 3 aromatic carbocycles. The summed E-state index contributed by atoms with van der Waals surface area (Å²) in [5, 5.41) is 27.4. The quantitative estimate of drug-likeness (QED) is 0.122. The lowest BCUT2D eigenvalue weighted by Crippen LogP contribution is -2.50. The van der Waals surface area contributed by atoms with E-state index < -0.39 is 33.6 Å². The predicted octanol–water partition coefficient (Wildman–Crippen LogP) is 6.58. The van der Waals surface area contributed by atoms with Gasteiger partial charge in [0, 0.05) is 35.7 Å². The Kier molecular flexibility index (Phi) is 9.77. The number of hydrogen-bond donors (Lipinski definition) is 2. The van der Waals surface area contributed by atoms with Gasteiger partial charge in [0.25, 0.3) is 5.69 Å². The number of hydrogen-bond acceptors (Lipinski definition) is 8. The zero-order chi connectivity index (χ0) is 32.3. The number of rotatable bonds is 8. The second-order valence-corrected chi connectivity index (χ2v) is 12.7. The number of carbonyl (C=O) groups excluding carboxylic acids is 2. The third-order valence-electron chi connectivity index (χ3n) is 7.63. The van der Waals surface area contributed by atoms with Crippen LogP contribution >= 0.6 is 23.2 Å². The van der Waals surface area contributed by atoms with E-state index in [1.165, 1.54) is 30.2 Å². The lowest BCUT2D eigenvalue weighted by molar-refractivity contribution is -0.384. The van der Waals surface area contributed by atoms with Gasteiger partial charge in [-0.1, -0.05) is 53.5 Å². The maximum Gasteiger partial charge on any atom is 0.410 e. The van der Waals surface area contributed by atoms with E-state index in [1.54, 1.807) is 69.3 Å². The van der Waals surface area contributed by atoms with Gasteiger partial charge in [0.1, 0.15) is 16.7 Å². The number of likely N-dealkylation sites (tertiary alicyclic amines) is 1. The smallest absolute Gasteiger partial charge is 0.410 e. The molecule has 1 aliphatic heterocycles. The van der Waals surface area contributed by atoms with Gasteiger partial charge in [-0.3, -0.25) is 14.9 Å². The third-order valence-corrected chi connectivity index (χ3v) is 8.13. The summed E-state index contributed by atoms with van der Waals surface area (Å²) in [4.78, 5) is 39.4. The number of nitrogens with one attached hydrogen (secondary N) is 1. The van der Waals surface area contributed by atoms with Crippen LogP contribution in [-0.2, 0) is 19.7 Å². The first-order chi connectivity index (χ1) is 20.7. The minimum absolute atomic E-state index is 0.0352. The van der Waals surface area contributed by atoms with E-state index in [0.717, 1.165) is 0 Å². The Morgan fingerprint density at radius 2 is 1.45 bits per heavy atom. The molecule has 234 valence electrons. The van der Waals surface area contributed by atoms with Crippen molar-refractivity contribution in [2.24, 2.45) is 0 Å². The lowest BCUT2D eigenvalue weighted by Gasteiger charge is -2.39. The zero-order valence-electron chi connectivity index (χ0n) is 24.9. The first-order valence-corrected chi connectivity index (χ1v) is 14.8. The Labute approximate surface area is 266 Å². The highest BCUT2D eigenvalue weighted by Gasteiger charge is 2.46. The van der Waals surface area contributed by atoms with Crippen LogP contribution in [0.3, 0.4) is 0 Å². The standard InChI is InChI=1S/C32H35Cl2N3O7/c1-30(2,3)44-29(39)36-17-15-31(40,16-18-36)20-35-26-19-23(9-14-27(26)37(41)42)32(28(38)43-4,21-5-10-24(33)11-6-21)22-7-12-25(34)13-8-22/h5-14,19,35,40H,15-18,20H2,1-4H3. The Morgan fingerprint density at radius 1 is 0.955 bits per heavy atom. The van der Waals surface area contributed by atoms with Gasteiger partial charge in [-0.2, -0.15) is 0 Å². The highest BCUT2D eigenvalue weighted by Crippen LogP contribution is 2.43. The molecular weight excluding hydrogens is 609 g/mol. The van der Waals surface area contributed by atoms with E-state index in [4.69, 9.17) is 32.7 Å². The van der Waals surface area contributed by atoms with Crippen molar-refractivity contribution < 1.29 is 29.1 Å². The molecule has 1 amide bonds. The number of methoxy groups -OCH3 is 1. The molecule has 2 N–H and O–H groups in total. The van der Waals surface area contributed by atoms with Crippen molar-refractivity contribution in [2.45, 2.75) is 50.2 Å². The van der Waals surface area contributed by atoms with Gasteiger partial charge < -0.3 is 24.8 Å². The second-order valence-electron chi connectivity index (χ2n) is 11.8. The fourth-order valence-corrected chi connectivity index (χ4v) is 5.60. The number of esters is 1. The van der Waals surface area contributed by atoms with Crippen LogP contribution in [0.25, 0.3) is 0 Å². The molecule has 1 saturated heterocycles. The number of benzene rings is 3. The van der Waals surface area contributed by atoms with E-state index in [0.29, 0.717) is 26.7 Å². The highest BCUT2D eigenvalue weighted by molar-refractivity contribution is 6.30. The number of piperidine rings is 1. The largest absolute Gasteiger partial charge is 0.468 e. The molecule has 0 saturated carbocycles. The van der Waals surface area contributed by atoms with Crippen LogP contribution in [0.15, 0.2) is 66.7 Å². The first kappa shape index (κ1) is 33.0. The van der Waals surface area contributed by atoms with Crippen molar-refractivity contribution in [1.82, 2.24) is 4.90 Å². The maximum absolute atomic E-state index is 13.8. The monoisotopic (exact) mass is 643 g/mol. The number of halogens is 2. The van der Waals surface area contributed by atoms with Crippen LogP contribution in [0.2, 0.25) is 10.0 Å². The fourth-order valence-electron chi connectivity index (χ4n) is 5.35. The molecular formula is C32H35Cl2N3O7. The zero-order valence-corrected chi connectivity index (χ0v) is 26.4. The first-order valence-electron chi connectivity index (χ1n) is 14.0. The summed E-state index contributed by atoms with van der Waals surface area (Å²) in [6.07, 6.45) is 0.00218. The second kappa shape index (κ2) is 13.0. The van der Waals surface area contributed by atoms with Gasteiger partial charge in [-0.05, 0) is 80.6 Å². The maximum atomic E-state index is 13.8. The number of nitro benzene ring substituents is 1. The summed E-state index contributed by atoms with van der Waals surface area (Å²) in [5.74, 6) is -0.630. The van der Waals surface area contributed by atoms with Crippen LogP contribution in [0.5, 0.6) is 0 Å². The van der Waals surface area contributed by atoms with Gasteiger partial charge in [0.2, 0.25) is 0 Å². The Morgan fingerprint density at radius 3 is 1.91 bits per heavy atom. The summed E-state index contributed by atoms with van der Waals surface area (Å²) in [5.41, 5.74) is -2.17. The molecule has 0 radical (unpaired) electrons. The van der Waals surface area contributed by atoms with Gasteiger partial charge >= 0.3 is 12.1 Å². The molecule has 3 aromatic rings. The molecule has 0 aliphatic carbocycles. The number of nitro groups is 1. The van der Waals surface area contributed by atoms with Crippen molar-refractivity contribution in [1.29, 1.82) is 0 Å². The topological polar surface area (TPSA) is 131 Å². The Balaban J connectivity index is 1.72.